The van der Waals surface area contributed by atoms with Gasteiger partial charge in [-0.3, -0.25) is 4.79 Å². The van der Waals surface area contributed by atoms with Crippen LogP contribution in [0.3, 0.4) is 0 Å². The van der Waals surface area contributed by atoms with E-state index in [-0.39, 0.29) is 18.4 Å². The van der Waals surface area contributed by atoms with E-state index in [0.717, 1.165) is 12.2 Å². The Bertz CT molecular complexity index is 277. The molecule has 0 saturated carbocycles. The lowest BCUT2D eigenvalue weighted by atomic mass is 9.98. The Morgan fingerprint density at radius 2 is 2.00 bits per heavy atom. The summed E-state index contributed by atoms with van der Waals surface area (Å²) in [6.07, 6.45) is 2.02. The van der Waals surface area contributed by atoms with Crippen LogP contribution in [0.1, 0.15) is 13.3 Å². The molecule has 15 heavy (non-hydrogen) atoms. The van der Waals surface area contributed by atoms with Gasteiger partial charge in [-0.2, -0.15) is 0 Å². The highest BCUT2D eigenvalue weighted by Gasteiger charge is 2.25. The van der Waals surface area contributed by atoms with Gasteiger partial charge in [0.2, 0.25) is 5.91 Å². The normalized spacial score (nSPS) is 26.9. The molecule has 2 unspecified atom stereocenters. The zero-order valence-corrected chi connectivity index (χ0v) is 8.59. The van der Waals surface area contributed by atoms with Gasteiger partial charge in [-0.05, 0) is 12.3 Å². The van der Waals surface area contributed by atoms with Crippen LogP contribution in [0.5, 0.6) is 0 Å². The summed E-state index contributed by atoms with van der Waals surface area (Å²) in [5.74, 6) is -1.26. The largest absolute Gasteiger partial charge is 0.478 e. The monoisotopic (exact) mass is 213 g/mol. The number of piperidine rings is 1. The number of amides is 1. The first-order valence-electron chi connectivity index (χ1n) is 4.87. The molecule has 5 heteroatoms. The molecule has 0 aromatic heterocycles. The van der Waals surface area contributed by atoms with Gasteiger partial charge in [0.05, 0.1) is 6.10 Å². The van der Waals surface area contributed by atoms with E-state index in [1.807, 2.05) is 6.92 Å². The number of aliphatic carboxylic acids is 1. The zero-order valence-electron chi connectivity index (χ0n) is 8.59. The molecule has 1 aliphatic heterocycles. The number of hydrogen-bond donors (Lipinski definition) is 2. The number of likely N-dealkylation sites (tertiary alicyclic amines) is 1. The molecule has 1 aliphatic rings. The first-order chi connectivity index (χ1) is 6.99. The van der Waals surface area contributed by atoms with Crippen LogP contribution in [-0.4, -0.2) is 46.2 Å². The molecule has 2 N–H and O–H groups in total. The van der Waals surface area contributed by atoms with Gasteiger partial charge in [0, 0.05) is 25.2 Å². The van der Waals surface area contributed by atoms with Gasteiger partial charge >= 0.3 is 5.97 Å². The number of carboxylic acid groups (broad SMARTS) is 1. The minimum absolute atomic E-state index is 0.246. The van der Waals surface area contributed by atoms with Crippen LogP contribution in [-0.2, 0) is 9.59 Å². The van der Waals surface area contributed by atoms with Crippen molar-refractivity contribution in [3.05, 3.63) is 12.2 Å². The number of carboxylic acids is 1. The van der Waals surface area contributed by atoms with Crippen molar-refractivity contribution in [1.29, 1.82) is 0 Å². The Balaban J connectivity index is 2.55. The van der Waals surface area contributed by atoms with Crippen molar-refractivity contribution in [2.75, 3.05) is 13.1 Å². The molecular weight excluding hydrogens is 198 g/mol. The third-order valence-electron chi connectivity index (χ3n) is 2.32. The molecule has 1 saturated heterocycles. The highest BCUT2D eigenvalue weighted by molar-refractivity contribution is 5.93. The minimum Gasteiger partial charge on any atom is -0.478 e. The third-order valence-corrected chi connectivity index (χ3v) is 2.32. The van der Waals surface area contributed by atoms with E-state index in [0.29, 0.717) is 13.0 Å². The quantitative estimate of drug-likeness (QED) is 0.626. The number of aliphatic hydroxyl groups excluding tert-OH is 1. The molecule has 0 radical (unpaired) electrons. The predicted octanol–water partition coefficient (Wildman–Crippen LogP) is -0.144. The Morgan fingerprint density at radius 1 is 1.33 bits per heavy atom. The van der Waals surface area contributed by atoms with E-state index in [9.17, 15) is 14.7 Å². The maximum absolute atomic E-state index is 11.5. The summed E-state index contributed by atoms with van der Waals surface area (Å²) in [5, 5.41) is 17.8. The Morgan fingerprint density at radius 3 is 2.53 bits per heavy atom. The molecule has 2 atom stereocenters. The van der Waals surface area contributed by atoms with Gasteiger partial charge in [0.25, 0.3) is 0 Å². The lowest BCUT2D eigenvalue weighted by molar-refractivity contribution is -0.133. The van der Waals surface area contributed by atoms with E-state index in [1.165, 1.54) is 4.90 Å². The predicted molar refractivity (Wildman–Crippen MR) is 53.1 cm³/mol. The van der Waals surface area contributed by atoms with Gasteiger partial charge in [-0.15, -0.1) is 0 Å². The van der Waals surface area contributed by atoms with Crippen molar-refractivity contribution in [3.63, 3.8) is 0 Å². The van der Waals surface area contributed by atoms with Crippen LogP contribution >= 0.6 is 0 Å². The summed E-state index contributed by atoms with van der Waals surface area (Å²) in [6, 6.07) is 0. The molecule has 84 valence electrons. The van der Waals surface area contributed by atoms with Crippen molar-refractivity contribution >= 4 is 11.9 Å². The topological polar surface area (TPSA) is 77.8 Å². The number of nitrogens with zero attached hydrogens (tertiary/aromatic N) is 1. The van der Waals surface area contributed by atoms with Crippen molar-refractivity contribution in [3.8, 4) is 0 Å². The maximum atomic E-state index is 11.5. The van der Waals surface area contributed by atoms with Crippen LogP contribution < -0.4 is 0 Å². The van der Waals surface area contributed by atoms with E-state index >= 15 is 0 Å². The van der Waals surface area contributed by atoms with E-state index < -0.39 is 12.1 Å². The summed E-state index contributed by atoms with van der Waals surface area (Å²) in [4.78, 5) is 23.1. The second-order valence-electron chi connectivity index (χ2n) is 3.91. The van der Waals surface area contributed by atoms with Crippen molar-refractivity contribution in [1.82, 2.24) is 4.90 Å². The molecule has 1 heterocycles. The van der Waals surface area contributed by atoms with Crippen LogP contribution in [0.15, 0.2) is 12.2 Å². The van der Waals surface area contributed by atoms with Gasteiger partial charge in [0.1, 0.15) is 0 Å². The Labute approximate surface area is 88.0 Å². The minimum atomic E-state index is -1.14. The molecule has 0 aromatic rings. The Kier molecular flexibility index (Phi) is 3.85. The molecule has 1 rings (SSSR count). The standard InChI is InChI=1S/C10H15NO4/c1-7-4-8(12)6-11(5-7)9(13)2-3-10(14)15/h2-3,7-8,12H,4-6H2,1H3,(H,14,15)/b3-2+. The van der Waals surface area contributed by atoms with Crippen LogP contribution in [0.4, 0.5) is 0 Å². The van der Waals surface area contributed by atoms with Crippen molar-refractivity contribution < 1.29 is 19.8 Å². The Hall–Kier alpha value is -1.36. The number of rotatable bonds is 2. The molecular formula is C10H15NO4. The average Bonchev–Trinajstić information content (AvgIpc) is 2.12. The van der Waals surface area contributed by atoms with Crippen molar-refractivity contribution in [2.45, 2.75) is 19.4 Å². The smallest absolute Gasteiger partial charge is 0.328 e. The van der Waals surface area contributed by atoms with E-state index in [2.05, 4.69) is 0 Å². The second-order valence-corrected chi connectivity index (χ2v) is 3.91. The number of β-amino-alcohol motifs (C(OH)–C–C–N with tert-alkyl or cyclic N) is 1. The SMILES string of the molecule is CC1CC(O)CN(C(=O)/C=C/C(=O)O)C1. The molecule has 0 spiro atoms. The van der Waals surface area contributed by atoms with E-state index in [1.54, 1.807) is 0 Å². The third kappa shape index (κ3) is 3.71. The first kappa shape index (κ1) is 11.7. The van der Waals surface area contributed by atoms with Gasteiger partial charge < -0.3 is 15.1 Å². The summed E-state index contributed by atoms with van der Waals surface area (Å²) in [7, 11) is 0. The second kappa shape index (κ2) is 4.93. The van der Waals surface area contributed by atoms with Gasteiger partial charge in [0.15, 0.2) is 0 Å². The van der Waals surface area contributed by atoms with Crippen molar-refractivity contribution in [2.24, 2.45) is 5.92 Å². The number of carbonyl (C=O) groups is 2. The highest BCUT2D eigenvalue weighted by atomic mass is 16.4. The summed E-state index contributed by atoms with van der Waals surface area (Å²) >= 11 is 0. The van der Waals surface area contributed by atoms with Gasteiger partial charge in [-0.1, -0.05) is 6.92 Å². The van der Waals surface area contributed by atoms with Crippen LogP contribution in [0, 0.1) is 5.92 Å². The molecule has 0 aromatic carbocycles. The molecule has 1 amide bonds. The number of hydrogen-bond acceptors (Lipinski definition) is 3. The van der Waals surface area contributed by atoms with Gasteiger partial charge in [-0.25, -0.2) is 4.79 Å². The fourth-order valence-electron chi connectivity index (χ4n) is 1.75. The summed E-state index contributed by atoms with van der Waals surface area (Å²) < 4.78 is 0. The molecule has 0 aliphatic carbocycles. The molecule has 5 nitrogen and oxygen atoms in total. The van der Waals surface area contributed by atoms with E-state index in [4.69, 9.17) is 5.11 Å². The summed E-state index contributed by atoms with van der Waals surface area (Å²) in [6.45, 7) is 2.80. The lowest BCUT2D eigenvalue weighted by Crippen LogP contribution is -2.44. The summed E-state index contributed by atoms with van der Waals surface area (Å²) in [5.41, 5.74) is 0. The average molecular weight is 213 g/mol. The molecule has 1 fully saturated rings. The van der Waals surface area contributed by atoms with Crippen LogP contribution in [0.2, 0.25) is 0 Å². The number of carbonyl (C=O) groups excluding carboxylic acids is 1. The maximum Gasteiger partial charge on any atom is 0.328 e. The fourth-order valence-corrected chi connectivity index (χ4v) is 1.75. The lowest BCUT2D eigenvalue weighted by Gasteiger charge is -2.33. The first-order valence-corrected chi connectivity index (χ1v) is 4.87. The van der Waals surface area contributed by atoms with Crippen LogP contribution in [0.25, 0.3) is 0 Å². The zero-order chi connectivity index (χ0) is 11.4. The molecule has 0 bridgehead atoms. The number of aliphatic hydroxyl groups is 1. The highest BCUT2D eigenvalue weighted by Crippen LogP contribution is 2.16. The fraction of sp³-hybridized carbons (Fsp3) is 0.600.